The summed E-state index contributed by atoms with van der Waals surface area (Å²) >= 11 is 0. The van der Waals surface area contributed by atoms with E-state index in [0.717, 1.165) is 35.0 Å². The van der Waals surface area contributed by atoms with Crippen molar-refractivity contribution in [3.05, 3.63) is 53.5 Å². The Kier molecular flexibility index (Phi) is 5.32. The first kappa shape index (κ1) is 20.5. The molecular weight excluding hydrogens is 399 g/mol. The van der Waals surface area contributed by atoms with E-state index >= 15 is 0 Å². The van der Waals surface area contributed by atoms with Gasteiger partial charge in [-0.15, -0.1) is 0 Å². The minimum atomic E-state index is -2.33. The molecule has 1 aliphatic rings. The molecule has 1 aliphatic heterocycles. The van der Waals surface area contributed by atoms with Crippen molar-refractivity contribution in [3.63, 3.8) is 0 Å². The molecule has 5 nitrogen and oxygen atoms in total. The fraction of sp³-hybridized carbons (Fsp3) is 0.304. The second kappa shape index (κ2) is 7.80. The van der Waals surface area contributed by atoms with Gasteiger partial charge in [-0.2, -0.15) is 4.36 Å². The smallest absolute Gasteiger partial charge is 0.169 e. The van der Waals surface area contributed by atoms with Crippen LogP contribution in [0, 0.1) is 11.2 Å². The van der Waals surface area contributed by atoms with Gasteiger partial charge in [0.05, 0.1) is 15.4 Å². The van der Waals surface area contributed by atoms with Crippen LogP contribution < -0.4 is 5.73 Å². The predicted octanol–water partition coefficient (Wildman–Crippen LogP) is 5.64. The number of anilines is 1. The quantitative estimate of drug-likeness (QED) is 0.419. The molecule has 1 fully saturated rings. The molecule has 1 aromatic heterocycles. The Hall–Kier alpha value is -2.80. The Labute approximate surface area is 176 Å². The van der Waals surface area contributed by atoms with Gasteiger partial charge in [0.25, 0.3) is 0 Å². The predicted molar refractivity (Wildman–Crippen MR) is 123 cm³/mol. The van der Waals surface area contributed by atoms with Gasteiger partial charge in [0, 0.05) is 39.9 Å². The van der Waals surface area contributed by atoms with Crippen molar-refractivity contribution in [2.24, 2.45) is 4.36 Å². The van der Waals surface area contributed by atoms with Crippen LogP contribution in [0.5, 0.6) is 0 Å². The fourth-order valence-corrected chi connectivity index (χ4v) is 6.08. The van der Waals surface area contributed by atoms with E-state index in [-0.39, 0.29) is 11.7 Å². The zero-order valence-corrected chi connectivity index (χ0v) is 17.9. The van der Waals surface area contributed by atoms with Crippen LogP contribution in [-0.4, -0.2) is 26.9 Å². The van der Waals surface area contributed by atoms with Gasteiger partial charge in [0.1, 0.15) is 5.82 Å². The first-order chi connectivity index (χ1) is 14.3. The zero-order chi connectivity index (χ0) is 21.5. The van der Waals surface area contributed by atoms with Crippen molar-refractivity contribution in [1.29, 1.82) is 5.41 Å². The first-order valence-electron chi connectivity index (χ1n) is 10.1. The van der Waals surface area contributed by atoms with Crippen molar-refractivity contribution in [3.8, 4) is 11.1 Å². The van der Waals surface area contributed by atoms with Crippen molar-refractivity contribution in [2.75, 3.05) is 17.2 Å². The standard InChI is InChI=1S/C23H25FN4OS/c1-14(2)22-21(15-5-7-17(24)8-6-15)18-11-16(13-25)20(26)12-19(18)23(27-22)28-30(29)9-3-4-10-30/h5-8,11-14,25H,3-4,9-10,26H2,1-2H3. The van der Waals surface area contributed by atoms with Gasteiger partial charge in [-0.1, -0.05) is 26.0 Å². The second-order valence-corrected chi connectivity index (χ2v) is 10.6. The number of halogens is 1. The lowest BCUT2D eigenvalue weighted by Gasteiger charge is -2.18. The number of nitrogen functional groups attached to an aromatic ring is 1. The number of fused-ring (bicyclic) bond motifs is 1. The Morgan fingerprint density at radius 1 is 1.17 bits per heavy atom. The highest BCUT2D eigenvalue weighted by atomic mass is 32.2. The topological polar surface area (TPSA) is 92.2 Å². The number of nitrogens with one attached hydrogen (secondary N) is 1. The van der Waals surface area contributed by atoms with E-state index < -0.39 is 9.73 Å². The van der Waals surface area contributed by atoms with Crippen LogP contribution in [0.1, 0.15) is 43.9 Å². The van der Waals surface area contributed by atoms with E-state index in [2.05, 4.69) is 4.36 Å². The van der Waals surface area contributed by atoms with E-state index in [9.17, 15) is 8.60 Å². The van der Waals surface area contributed by atoms with Crippen LogP contribution in [-0.2, 0) is 9.73 Å². The van der Waals surface area contributed by atoms with E-state index in [4.69, 9.17) is 16.1 Å². The van der Waals surface area contributed by atoms with E-state index in [1.54, 1.807) is 18.2 Å². The summed E-state index contributed by atoms with van der Waals surface area (Å²) in [6.45, 7) is 4.07. The molecule has 0 aliphatic carbocycles. The SMILES string of the molecule is CC(C)c1nc(N=S2(=O)CCCC2)c2cc(N)c(C=N)cc2c1-c1ccc(F)cc1. The van der Waals surface area contributed by atoms with Crippen molar-refractivity contribution < 1.29 is 8.60 Å². The number of benzene rings is 2. The highest BCUT2D eigenvalue weighted by Gasteiger charge is 2.22. The van der Waals surface area contributed by atoms with Gasteiger partial charge in [-0.3, -0.25) is 0 Å². The van der Waals surface area contributed by atoms with Crippen LogP contribution in [0.25, 0.3) is 21.9 Å². The molecule has 2 aromatic carbocycles. The molecule has 0 saturated carbocycles. The number of pyridine rings is 1. The van der Waals surface area contributed by atoms with Gasteiger partial charge in [0.15, 0.2) is 5.82 Å². The van der Waals surface area contributed by atoms with Crippen molar-refractivity contribution in [2.45, 2.75) is 32.6 Å². The number of aromatic nitrogens is 1. The summed E-state index contributed by atoms with van der Waals surface area (Å²) in [6.07, 6.45) is 3.03. The van der Waals surface area contributed by atoms with Crippen molar-refractivity contribution in [1.82, 2.24) is 4.98 Å². The molecule has 156 valence electrons. The monoisotopic (exact) mass is 424 g/mol. The molecular formula is C23H25FN4OS. The lowest BCUT2D eigenvalue weighted by Crippen LogP contribution is -2.04. The summed E-state index contributed by atoms with van der Waals surface area (Å²) in [4.78, 5) is 4.85. The minimum Gasteiger partial charge on any atom is -0.398 e. The maximum absolute atomic E-state index is 13.6. The summed E-state index contributed by atoms with van der Waals surface area (Å²) in [7, 11) is -2.33. The molecule has 1 saturated heterocycles. The summed E-state index contributed by atoms with van der Waals surface area (Å²) in [5.74, 6) is 1.36. The highest BCUT2D eigenvalue weighted by Crippen LogP contribution is 2.41. The number of hydrogen-bond acceptors (Lipinski definition) is 5. The highest BCUT2D eigenvalue weighted by molar-refractivity contribution is 7.93. The molecule has 0 bridgehead atoms. The molecule has 3 N–H and O–H groups in total. The van der Waals surface area contributed by atoms with Crippen LogP contribution in [0.3, 0.4) is 0 Å². The second-order valence-electron chi connectivity index (χ2n) is 8.01. The first-order valence-corrected chi connectivity index (χ1v) is 11.9. The molecule has 4 rings (SSSR count). The maximum atomic E-state index is 13.6. The van der Waals surface area contributed by atoms with E-state index in [1.165, 1.54) is 18.3 Å². The summed E-state index contributed by atoms with van der Waals surface area (Å²) in [6, 6.07) is 9.92. The Morgan fingerprint density at radius 3 is 2.43 bits per heavy atom. The van der Waals surface area contributed by atoms with Gasteiger partial charge < -0.3 is 11.1 Å². The Morgan fingerprint density at radius 2 is 1.83 bits per heavy atom. The third-order valence-electron chi connectivity index (χ3n) is 5.48. The number of nitrogens with zero attached hydrogens (tertiary/aromatic N) is 2. The molecule has 0 radical (unpaired) electrons. The molecule has 3 aromatic rings. The molecule has 2 heterocycles. The van der Waals surface area contributed by atoms with Gasteiger partial charge in [0.2, 0.25) is 0 Å². The molecule has 0 atom stereocenters. The van der Waals surface area contributed by atoms with E-state index in [0.29, 0.717) is 34.0 Å². The molecule has 0 spiro atoms. The maximum Gasteiger partial charge on any atom is 0.169 e. The van der Waals surface area contributed by atoms with Gasteiger partial charge in [-0.25, -0.2) is 13.6 Å². The van der Waals surface area contributed by atoms with Crippen LogP contribution in [0.4, 0.5) is 15.9 Å². The van der Waals surface area contributed by atoms with Gasteiger partial charge >= 0.3 is 0 Å². The summed E-state index contributed by atoms with van der Waals surface area (Å²) in [5, 5.41) is 9.26. The lowest BCUT2D eigenvalue weighted by atomic mass is 9.91. The fourth-order valence-electron chi connectivity index (χ4n) is 3.93. The van der Waals surface area contributed by atoms with E-state index in [1.807, 2.05) is 19.9 Å². The lowest BCUT2D eigenvalue weighted by molar-refractivity contribution is 0.628. The van der Waals surface area contributed by atoms with Crippen LogP contribution in [0.15, 0.2) is 40.8 Å². The normalized spacial score (nSPS) is 15.6. The summed E-state index contributed by atoms with van der Waals surface area (Å²) < 4.78 is 31.4. The van der Waals surface area contributed by atoms with Gasteiger partial charge in [-0.05, 0) is 54.0 Å². The number of hydrogen-bond donors (Lipinski definition) is 2. The third kappa shape index (κ3) is 3.69. The number of nitrogens with two attached hydrogens (primary N) is 1. The molecule has 30 heavy (non-hydrogen) atoms. The molecule has 0 unspecified atom stereocenters. The number of rotatable bonds is 4. The minimum absolute atomic E-state index is 0.0607. The summed E-state index contributed by atoms with van der Waals surface area (Å²) in [5.41, 5.74) is 9.70. The third-order valence-corrected chi connectivity index (χ3v) is 7.84. The average molecular weight is 425 g/mol. The Balaban J connectivity index is 2.14. The zero-order valence-electron chi connectivity index (χ0n) is 17.1. The molecule has 7 heteroatoms. The van der Waals surface area contributed by atoms with Crippen molar-refractivity contribution >= 4 is 38.2 Å². The van der Waals surface area contributed by atoms with Crippen LogP contribution >= 0.6 is 0 Å². The largest absolute Gasteiger partial charge is 0.398 e. The van der Waals surface area contributed by atoms with Crippen LogP contribution in [0.2, 0.25) is 0 Å². The molecule has 0 amide bonds. The average Bonchev–Trinajstić information content (AvgIpc) is 3.14. The Bertz CT molecular complexity index is 1250.